The van der Waals surface area contributed by atoms with Gasteiger partial charge in [0.25, 0.3) is 0 Å². The van der Waals surface area contributed by atoms with E-state index in [1.165, 1.54) is 12.8 Å². The van der Waals surface area contributed by atoms with Gasteiger partial charge in [0.2, 0.25) is 0 Å². The molecule has 0 radical (unpaired) electrons. The molecule has 1 unspecified atom stereocenters. The summed E-state index contributed by atoms with van der Waals surface area (Å²) in [6.07, 6.45) is 5.25. The fourth-order valence-electron chi connectivity index (χ4n) is 3.78. The first kappa shape index (κ1) is 14.3. The summed E-state index contributed by atoms with van der Waals surface area (Å²) in [5.74, 6) is -0.0227. The smallest absolute Gasteiger partial charge is 0.307 e. The zero-order valence-electron chi connectivity index (χ0n) is 12.4. The maximum absolute atomic E-state index is 12.0. The standard InChI is InChI=1S/C15H26N2O3/c1-16-12-2-3-13(16)11-14(10-12)20-15(18)4-5-17-6-8-19-9-7-17/h12-14H,2-11H2,1H3/t12-,13+,14?. The summed E-state index contributed by atoms with van der Waals surface area (Å²) < 4.78 is 11.0. The second-order valence-electron chi connectivity index (χ2n) is 6.34. The number of carbonyl (C=O) groups excluding carboxylic acids is 1. The van der Waals surface area contributed by atoms with Crippen LogP contribution in [0, 0.1) is 0 Å². The lowest BCUT2D eigenvalue weighted by molar-refractivity contribution is -0.153. The normalized spacial score (nSPS) is 35.1. The highest BCUT2D eigenvalue weighted by Gasteiger charge is 2.39. The molecular formula is C15H26N2O3. The number of ether oxygens (including phenoxy) is 2. The highest BCUT2D eigenvalue weighted by atomic mass is 16.5. The first-order chi connectivity index (χ1) is 9.72. The van der Waals surface area contributed by atoms with Crippen molar-refractivity contribution in [3.63, 3.8) is 0 Å². The number of morpholine rings is 1. The Morgan fingerprint density at radius 2 is 1.85 bits per heavy atom. The molecule has 3 rings (SSSR count). The predicted octanol–water partition coefficient (Wildman–Crippen LogP) is 0.877. The zero-order valence-corrected chi connectivity index (χ0v) is 12.4. The molecule has 0 spiro atoms. The molecule has 0 saturated carbocycles. The van der Waals surface area contributed by atoms with Gasteiger partial charge in [-0.2, -0.15) is 0 Å². The summed E-state index contributed by atoms with van der Waals surface area (Å²) in [5, 5.41) is 0. The number of esters is 1. The van der Waals surface area contributed by atoms with Crippen molar-refractivity contribution in [2.45, 2.75) is 50.3 Å². The van der Waals surface area contributed by atoms with Crippen LogP contribution in [0.1, 0.15) is 32.1 Å². The van der Waals surface area contributed by atoms with E-state index < -0.39 is 0 Å². The van der Waals surface area contributed by atoms with Crippen LogP contribution in [0.3, 0.4) is 0 Å². The molecule has 3 atom stereocenters. The Labute approximate surface area is 121 Å². The lowest BCUT2D eigenvalue weighted by Crippen LogP contribution is -2.43. The quantitative estimate of drug-likeness (QED) is 0.716. The Hall–Kier alpha value is -0.650. The number of piperidine rings is 1. The van der Waals surface area contributed by atoms with Gasteiger partial charge in [-0.05, 0) is 32.7 Å². The summed E-state index contributed by atoms with van der Waals surface area (Å²) in [5.41, 5.74) is 0. The van der Waals surface area contributed by atoms with Gasteiger partial charge in [-0.3, -0.25) is 9.69 Å². The van der Waals surface area contributed by atoms with Crippen molar-refractivity contribution in [2.24, 2.45) is 0 Å². The minimum Gasteiger partial charge on any atom is -0.462 e. The minimum absolute atomic E-state index is 0.0227. The van der Waals surface area contributed by atoms with Crippen LogP contribution in [0.15, 0.2) is 0 Å². The molecule has 3 saturated heterocycles. The molecule has 2 bridgehead atoms. The van der Waals surface area contributed by atoms with Gasteiger partial charge >= 0.3 is 5.97 Å². The third-order valence-corrected chi connectivity index (χ3v) is 5.09. The third kappa shape index (κ3) is 3.32. The summed E-state index contributed by atoms with van der Waals surface area (Å²) in [7, 11) is 2.21. The largest absolute Gasteiger partial charge is 0.462 e. The van der Waals surface area contributed by atoms with Crippen LogP contribution in [0.4, 0.5) is 0 Å². The maximum Gasteiger partial charge on any atom is 0.307 e. The maximum atomic E-state index is 12.0. The van der Waals surface area contributed by atoms with Crippen molar-refractivity contribution in [1.29, 1.82) is 0 Å². The monoisotopic (exact) mass is 282 g/mol. The Morgan fingerprint density at radius 3 is 2.50 bits per heavy atom. The van der Waals surface area contributed by atoms with E-state index in [2.05, 4.69) is 16.8 Å². The van der Waals surface area contributed by atoms with Gasteiger partial charge in [-0.15, -0.1) is 0 Å². The topological polar surface area (TPSA) is 42.0 Å². The molecule has 3 aliphatic heterocycles. The van der Waals surface area contributed by atoms with Crippen molar-refractivity contribution in [3.8, 4) is 0 Å². The SMILES string of the molecule is CN1[C@@H]2CC[C@H]1CC(OC(=O)CCN1CCOCC1)C2. The van der Waals surface area contributed by atoms with E-state index >= 15 is 0 Å². The average Bonchev–Trinajstić information content (AvgIpc) is 2.68. The molecule has 3 fully saturated rings. The summed E-state index contributed by atoms with van der Waals surface area (Å²) in [6, 6.07) is 1.26. The Bertz CT molecular complexity index is 330. The summed E-state index contributed by atoms with van der Waals surface area (Å²) in [6.45, 7) is 4.25. The lowest BCUT2D eigenvalue weighted by Gasteiger charge is -2.36. The molecule has 3 heterocycles. The van der Waals surface area contributed by atoms with Crippen molar-refractivity contribution < 1.29 is 14.3 Å². The van der Waals surface area contributed by atoms with E-state index in [9.17, 15) is 4.79 Å². The van der Waals surface area contributed by atoms with Gasteiger partial charge in [0.05, 0.1) is 19.6 Å². The fraction of sp³-hybridized carbons (Fsp3) is 0.933. The van der Waals surface area contributed by atoms with E-state index in [4.69, 9.17) is 9.47 Å². The van der Waals surface area contributed by atoms with Crippen LogP contribution >= 0.6 is 0 Å². The third-order valence-electron chi connectivity index (χ3n) is 5.09. The van der Waals surface area contributed by atoms with Gasteiger partial charge in [0, 0.05) is 31.7 Å². The first-order valence-electron chi connectivity index (χ1n) is 7.94. The molecule has 5 heteroatoms. The molecule has 0 amide bonds. The number of hydrogen-bond acceptors (Lipinski definition) is 5. The second-order valence-corrected chi connectivity index (χ2v) is 6.34. The highest BCUT2D eigenvalue weighted by Crippen LogP contribution is 2.35. The van der Waals surface area contributed by atoms with Crippen LogP contribution in [0.5, 0.6) is 0 Å². The summed E-state index contributed by atoms with van der Waals surface area (Å²) >= 11 is 0. The van der Waals surface area contributed by atoms with E-state index in [1.807, 2.05) is 0 Å². The van der Waals surface area contributed by atoms with Crippen molar-refractivity contribution in [1.82, 2.24) is 9.80 Å². The molecular weight excluding hydrogens is 256 g/mol. The predicted molar refractivity (Wildman–Crippen MR) is 75.6 cm³/mol. The van der Waals surface area contributed by atoms with Crippen LogP contribution < -0.4 is 0 Å². The number of nitrogens with zero attached hydrogens (tertiary/aromatic N) is 2. The summed E-state index contributed by atoms with van der Waals surface area (Å²) in [4.78, 5) is 16.7. The van der Waals surface area contributed by atoms with Crippen LogP contribution in [0.2, 0.25) is 0 Å². The molecule has 0 aliphatic carbocycles. The van der Waals surface area contributed by atoms with Gasteiger partial charge < -0.3 is 14.4 Å². The molecule has 0 aromatic carbocycles. The van der Waals surface area contributed by atoms with Crippen molar-refractivity contribution in [3.05, 3.63) is 0 Å². The molecule has 5 nitrogen and oxygen atoms in total. The number of rotatable bonds is 4. The molecule has 20 heavy (non-hydrogen) atoms. The van der Waals surface area contributed by atoms with Crippen LogP contribution in [-0.4, -0.2) is 73.9 Å². The van der Waals surface area contributed by atoms with E-state index in [0.717, 1.165) is 45.7 Å². The molecule has 0 aromatic rings. The zero-order chi connectivity index (χ0) is 13.9. The molecule has 3 aliphatic rings. The Morgan fingerprint density at radius 1 is 1.20 bits per heavy atom. The van der Waals surface area contributed by atoms with E-state index in [1.54, 1.807) is 0 Å². The Kier molecular flexibility index (Phi) is 4.58. The fourth-order valence-corrected chi connectivity index (χ4v) is 3.78. The number of carbonyl (C=O) groups is 1. The van der Waals surface area contributed by atoms with Crippen LogP contribution in [-0.2, 0) is 14.3 Å². The highest BCUT2D eigenvalue weighted by molar-refractivity contribution is 5.69. The second kappa shape index (κ2) is 6.41. The van der Waals surface area contributed by atoms with Gasteiger partial charge in [0.15, 0.2) is 0 Å². The van der Waals surface area contributed by atoms with Gasteiger partial charge in [-0.25, -0.2) is 0 Å². The van der Waals surface area contributed by atoms with E-state index in [0.29, 0.717) is 18.5 Å². The van der Waals surface area contributed by atoms with Gasteiger partial charge in [-0.1, -0.05) is 0 Å². The van der Waals surface area contributed by atoms with E-state index in [-0.39, 0.29) is 12.1 Å². The average molecular weight is 282 g/mol. The van der Waals surface area contributed by atoms with Crippen LogP contribution in [0.25, 0.3) is 0 Å². The molecule has 0 N–H and O–H groups in total. The van der Waals surface area contributed by atoms with Gasteiger partial charge in [0.1, 0.15) is 6.10 Å². The molecule has 114 valence electrons. The minimum atomic E-state index is -0.0227. The lowest BCUT2D eigenvalue weighted by atomic mass is 10.0. The Balaban J connectivity index is 1.38. The van der Waals surface area contributed by atoms with Crippen molar-refractivity contribution in [2.75, 3.05) is 39.9 Å². The van der Waals surface area contributed by atoms with Crippen molar-refractivity contribution >= 4 is 5.97 Å². The first-order valence-corrected chi connectivity index (χ1v) is 7.94. The molecule has 0 aromatic heterocycles. The number of fused-ring (bicyclic) bond motifs is 2. The number of hydrogen-bond donors (Lipinski definition) is 0.